The summed E-state index contributed by atoms with van der Waals surface area (Å²) in [6.07, 6.45) is 0. The van der Waals surface area contributed by atoms with Gasteiger partial charge in [-0.05, 0) is 6.92 Å². The number of hydrogen-bond acceptors (Lipinski definition) is 5. The molecule has 0 fully saturated rings. The third kappa shape index (κ3) is 2.37. The Kier molecular flexibility index (Phi) is 3.49. The van der Waals surface area contributed by atoms with Gasteiger partial charge in [0, 0.05) is 19.5 Å². The van der Waals surface area contributed by atoms with Crippen molar-refractivity contribution in [2.75, 3.05) is 19.0 Å². The summed E-state index contributed by atoms with van der Waals surface area (Å²) in [5, 5.41) is 2.93. The van der Waals surface area contributed by atoms with Gasteiger partial charge in [-0.15, -0.1) is 0 Å². The van der Waals surface area contributed by atoms with E-state index < -0.39 is 5.63 Å². The van der Waals surface area contributed by atoms with E-state index in [9.17, 15) is 9.59 Å². The second-order valence-corrected chi connectivity index (χ2v) is 2.93. The highest BCUT2D eigenvalue weighted by atomic mass is 16.5. The lowest BCUT2D eigenvalue weighted by molar-refractivity contribution is 0.0982. The number of ketones is 1. The molecule has 0 amide bonds. The van der Waals surface area contributed by atoms with Gasteiger partial charge in [0.15, 0.2) is 11.5 Å². The van der Waals surface area contributed by atoms with Crippen LogP contribution in [0.15, 0.2) is 15.3 Å². The third-order valence-corrected chi connectivity index (χ3v) is 1.83. The SMILES string of the molecule is CCNc1cc(C(C)=O)oc(=O)c1OC. The molecule has 0 aliphatic heterocycles. The number of Topliss-reactive ketones (excluding diaryl/α,β-unsaturated/α-hetero) is 1. The van der Waals surface area contributed by atoms with Crippen LogP contribution >= 0.6 is 0 Å². The summed E-state index contributed by atoms with van der Waals surface area (Å²) in [6, 6.07) is 1.46. The summed E-state index contributed by atoms with van der Waals surface area (Å²) in [5.74, 6) is -0.187. The average Bonchev–Trinajstić information content (AvgIpc) is 2.17. The predicted octanol–water partition coefficient (Wildman–Crippen LogP) is 1.28. The number of carbonyl (C=O) groups excluding carboxylic acids is 1. The van der Waals surface area contributed by atoms with E-state index in [-0.39, 0.29) is 17.3 Å². The van der Waals surface area contributed by atoms with Gasteiger partial charge in [0.05, 0.1) is 12.8 Å². The zero-order chi connectivity index (χ0) is 11.4. The summed E-state index contributed by atoms with van der Waals surface area (Å²) in [4.78, 5) is 22.4. The van der Waals surface area contributed by atoms with Gasteiger partial charge in [-0.2, -0.15) is 0 Å². The van der Waals surface area contributed by atoms with Crippen LogP contribution < -0.4 is 15.7 Å². The predicted molar refractivity (Wildman–Crippen MR) is 55.7 cm³/mol. The summed E-state index contributed by atoms with van der Waals surface area (Å²) < 4.78 is 9.66. The Hall–Kier alpha value is -1.78. The van der Waals surface area contributed by atoms with E-state index in [0.717, 1.165) is 0 Å². The van der Waals surface area contributed by atoms with Crippen LogP contribution in [0.3, 0.4) is 0 Å². The first-order chi connectivity index (χ1) is 7.10. The summed E-state index contributed by atoms with van der Waals surface area (Å²) in [7, 11) is 1.38. The van der Waals surface area contributed by atoms with Crippen LogP contribution in [0.1, 0.15) is 24.4 Å². The first kappa shape index (κ1) is 11.3. The first-order valence-electron chi connectivity index (χ1n) is 4.57. The molecule has 0 aliphatic rings. The highest BCUT2D eigenvalue weighted by molar-refractivity contribution is 5.92. The van der Waals surface area contributed by atoms with E-state index in [1.54, 1.807) is 0 Å². The van der Waals surface area contributed by atoms with E-state index in [1.807, 2.05) is 6.92 Å². The molecule has 5 nitrogen and oxygen atoms in total. The average molecular weight is 211 g/mol. The molecule has 1 aromatic rings. The smallest absolute Gasteiger partial charge is 0.381 e. The lowest BCUT2D eigenvalue weighted by Gasteiger charge is -2.08. The fraction of sp³-hybridized carbons (Fsp3) is 0.400. The zero-order valence-electron chi connectivity index (χ0n) is 8.92. The van der Waals surface area contributed by atoms with Crippen LogP contribution in [-0.2, 0) is 0 Å². The number of carbonyl (C=O) groups is 1. The normalized spacial score (nSPS) is 9.80. The second kappa shape index (κ2) is 4.63. The quantitative estimate of drug-likeness (QED) is 0.760. The van der Waals surface area contributed by atoms with Crippen LogP contribution in [0, 0.1) is 0 Å². The van der Waals surface area contributed by atoms with E-state index in [0.29, 0.717) is 12.2 Å². The van der Waals surface area contributed by atoms with Gasteiger partial charge in [0.1, 0.15) is 0 Å². The molecule has 1 rings (SSSR count). The Morgan fingerprint density at radius 2 is 2.27 bits per heavy atom. The standard InChI is InChI=1S/C10H13NO4/c1-4-11-7-5-8(6(2)12)15-10(13)9(7)14-3/h5,11H,4H2,1-3H3. The van der Waals surface area contributed by atoms with Gasteiger partial charge < -0.3 is 14.5 Å². The van der Waals surface area contributed by atoms with Crippen LogP contribution in [0.2, 0.25) is 0 Å². The van der Waals surface area contributed by atoms with Crippen LogP contribution in [-0.4, -0.2) is 19.4 Å². The largest absolute Gasteiger partial charge is 0.488 e. The highest BCUT2D eigenvalue weighted by Gasteiger charge is 2.13. The maximum atomic E-state index is 11.4. The molecule has 5 heteroatoms. The molecule has 82 valence electrons. The molecule has 0 unspecified atom stereocenters. The molecule has 0 bridgehead atoms. The maximum absolute atomic E-state index is 11.4. The number of rotatable bonds is 4. The molecule has 1 aromatic heterocycles. The second-order valence-electron chi connectivity index (χ2n) is 2.93. The fourth-order valence-electron chi connectivity index (χ4n) is 1.17. The number of methoxy groups -OCH3 is 1. The maximum Gasteiger partial charge on any atom is 0.381 e. The molecule has 1 heterocycles. The Labute approximate surface area is 87.0 Å². The van der Waals surface area contributed by atoms with Crippen LogP contribution in [0.4, 0.5) is 5.69 Å². The van der Waals surface area contributed by atoms with Gasteiger partial charge >= 0.3 is 5.63 Å². The Morgan fingerprint density at radius 3 is 2.73 bits per heavy atom. The molecule has 0 aliphatic carbocycles. The van der Waals surface area contributed by atoms with E-state index in [1.165, 1.54) is 20.1 Å². The lowest BCUT2D eigenvalue weighted by Crippen LogP contribution is -2.12. The van der Waals surface area contributed by atoms with Crippen molar-refractivity contribution in [2.45, 2.75) is 13.8 Å². The number of hydrogen-bond donors (Lipinski definition) is 1. The molecule has 0 saturated carbocycles. The Bertz CT molecular complexity index is 422. The highest BCUT2D eigenvalue weighted by Crippen LogP contribution is 2.20. The first-order valence-corrected chi connectivity index (χ1v) is 4.57. The zero-order valence-corrected chi connectivity index (χ0v) is 8.92. The van der Waals surface area contributed by atoms with Crippen molar-refractivity contribution < 1.29 is 13.9 Å². The van der Waals surface area contributed by atoms with Crippen LogP contribution in [0.5, 0.6) is 5.75 Å². The monoisotopic (exact) mass is 211 g/mol. The van der Waals surface area contributed by atoms with E-state index in [4.69, 9.17) is 9.15 Å². The van der Waals surface area contributed by atoms with Gasteiger partial charge in [-0.3, -0.25) is 4.79 Å². The van der Waals surface area contributed by atoms with Crippen molar-refractivity contribution in [2.24, 2.45) is 0 Å². The minimum absolute atomic E-state index is 0.0248. The molecule has 0 atom stereocenters. The van der Waals surface area contributed by atoms with Crippen LogP contribution in [0.25, 0.3) is 0 Å². The topological polar surface area (TPSA) is 68.5 Å². The summed E-state index contributed by atoms with van der Waals surface area (Å²) in [6.45, 7) is 3.83. The van der Waals surface area contributed by atoms with Gasteiger partial charge in [0.2, 0.25) is 5.75 Å². The van der Waals surface area contributed by atoms with E-state index in [2.05, 4.69) is 5.32 Å². The van der Waals surface area contributed by atoms with Crippen molar-refractivity contribution >= 4 is 11.5 Å². The molecule has 1 N–H and O–H groups in total. The van der Waals surface area contributed by atoms with Crippen molar-refractivity contribution in [1.29, 1.82) is 0 Å². The van der Waals surface area contributed by atoms with Gasteiger partial charge in [0.25, 0.3) is 0 Å². The van der Waals surface area contributed by atoms with Gasteiger partial charge in [-0.1, -0.05) is 0 Å². The molecule has 0 radical (unpaired) electrons. The van der Waals surface area contributed by atoms with Crippen molar-refractivity contribution in [3.05, 3.63) is 22.2 Å². The summed E-state index contributed by atoms with van der Waals surface area (Å²) in [5.41, 5.74) is -0.178. The molecular formula is C10H13NO4. The Morgan fingerprint density at radius 1 is 1.60 bits per heavy atom. The molecule has 0 spiro atoms. The number of ether oxygens (including phenoxy) is 1. The molecule has 0 aromatic carbocycles. The fourth-order valence-corrected chi connectivity index (χ4v) is 1.17. The molecule has 15 heavy (non-hydrogen) atoms. The number of nitrogens with one attached hydrogen (secondary N) is 1. The van der Waals surface area contributed by atoms with Crippen molar-refractivity contribution in [1.82, 2.24) is 0 Å². The minimum atomic E-state index is -0.652. The van der Waals surface area contributed by atoms with Gasteiger partial charge in [-0.25, -0.2) is 4.79 Å². The van der Waals surface area contributed by atoms with Crippen molar-refractivity contribution in [3.8, 4) is 5.75 Å². The number of anilines is 1. The third-order valence-electron chi connectivity index (χ3n) is 1.83. The summed E-state index contributed by atoms with van der Waals surface area (Å²) >= 11 is 0. The van der Waals surface area contributed by atoms with E-state index >= 15 is 0 Å². The van der Waals surface area contributed by atoms with Crippen molar-refractivity contribution in [3.63, 3.8) is 0 Å². The Balaban J connectivity index is 3.32. The molecule has 0 saturated heterocycles. The molecular weight excluding hydrogens is 198 g/mol. The lowest BCUT2D eigenvalue weighted by atomic mass is 10.2. The minimum Gasteiger partial charge on any atom is -0.488 e.